The van der Waals surface area contributed by atoms with Gasteiger partial charge in [0.15, 0.2) is 0 Å². The molecular weight excluding hydrogens is 713 g/mol. The standard InChI is InChI=1S/C28H28ClN5O5S2.HI/c1-18-12-24-25(16-30-18)40-27(31-24)28(36)34-7-6-33(17-22(34)15-26(35)32-8-10-39-11-9-32)41(37,38)23-5-3-19-13-21(29)4-2-20(19)14-23;/h2-5,12-14,16,22H,6-11,15,17H2,1H3;1H/q+1;/p-1. The normalized spacial score (nSPS) is 19.3. The van der Waals surface area contributed by atoms with Crippen LogP contribution in [0.1, 0.15) is 12.1 Å². The number of benzene rings is 2. The van der Waals surface area contributed by atoms with Crippen LogP contribution in [0.5, 0.6) is 0 Å². The van der Waals surface area contributed by atoms with Gasteiger partial charge in [0.25, 0.3) is 5.69 Å². The molecule has 4 heterocycles. The van der Waals surface area contributed by atoms with Crippen molar-refractivity contribution in [2.24, 2.45) is 0 Å². The number of sulfonamides is 1. The number of thioether (sulfide) groups is 1. The van der Waals surface area contributed by atoms with E-state index in [0.29, 0.717) is 42.1 Å². The van der Waals surface area contributed by atoms with E-state index in [2.05, 4.69) is 9.98 Å². The maximum absolute atomic E-state index is 13.8. The summed E-state index contributed by atoms with van der Waals surface area (Å²) in [5.74, 6) is -0.453. The van der Waals surface area contributed by atoms with Gasteiger partial charge in [-0.25, -0.2) is 8.42 Å². The molecule has 14 heteroatoms. The largest absolute Gasteiger partial charge is 1.00 e. The number of pyridine rings is 1. The maximum Gasteiger partial charge on any atom is 0.381 e. The van der Waals surface area contributed by atoms with Crippen molar-refractivity contribution in [3.8, 4) is 0 Å². The predicted molar refractivity (Wildman–Crippen MR) is 157 cm³/mol. The van der Waals surface area contributed by atoms with Crippen molar-refractivity contribution in [3.63, 3.8) is 0 Å². The first kappa shape index (κ1) is 31.1. The van der Waals surface area contributed by atoms with Crippen LogP contribution < -0.4 is 29.0 Å². The van der Waals surface area contributed by atoms with E-state index in [-0.39, 0.29) is 66.7 Å². The summed E-state index contributed by atoms with van der Waals surface area (Å²) in [5, 5.41) is 2.45. The van der Waals surface area contributed by atoms with Crippen LogP contribution in [0.3, 0.4) is 0 Å². The van der Waals surface area contributed by atoms with E-state index in [1.54, 1.807) is 52.4 Å². The lowest BCUT2D eigenvalue weighted by Gasteiger charge is -2.40. The molecule has 221 valence electrons. The fourth-order valence-corrected chi connectivity index (χ4v) is 7.84. The molecule has 0 saturated carbocycles. The zero-order valence-corrected chi connectivity index (χ0v) is 27.2. The molecule has 2 fully saturated rings. The van der Waals surface area contributed by atoms with Crippen LogP contribution in [-0.4, -0.2) is 96.3 Å². The number of halogens is 2. The second-order valence-electron chi connectivity index (χ2n) is 10.2. The lowest BCUT2D eigenvalue weighted by molar-refractivity contribution is -0.138. The number of ether oxygens (including phenoxy) is 1. The first-order valence-electron chi connectivity index (χ1n) is 13.3. The monoisotopic (exact) mass is 740 g/mol. The number of amides is 2. The third kappa shape index (κ3) is 6.31. The van der Waals surface area contributed by atoms with Crippen LogP contribution >= 0.6 is 23.4 Å². The molecule has 3 aliphatic rings. The average Bonchev–Trinajstić information content (AvgIpc) is 3.40. The SMILES string of the molecule is Cc1cc2c(cn1)SC(C(=O)N1CCN(S(=O)(=O)c3ccc4cc(Cl)ccc4c3)CC1CC(=O)N1CCOCC1)=[N+]2.[I-]. The first-order valence-corrected chi connectivity index (χ1v) is 15.9. The lowest BCUT2D eigenvalue weighted by Crippen LogP contribution is -3.00. The fourth-order valence-electron chi connectivity index (χ4n) is 5.28. The molecule has 1 unspecified atom stereocenters. The molecule has 2 saturated heterocycles. The smallest absolute Gasteiger partial charge is 0.381 e. The summed E-state index contributed by atoms with van der Waals surface area (Å²) in [4.78, 5) is 40.1. The van der Waals surface area contributed by atoms with E-state index >= 15 is 0 Å². The topological polar surface area (TPSA) is 114 Å². The Kier molecular flexibility index (Phi) is 9.45. The Hall–Kier alpha value is -2.30. The fraction of sp³-hybridized carbons (Fsp3) is 0.357. The van der Waals surface area contributed by atoms with Crippen LogP contribution in [0.15, 0.2) is 58.5 Å². The number of rotatable bonds is 5. The number of nitrogens with zero attached hydrogens (tertiary/aromatic N) is 5. The minimum atomic E-state index is -3.90. The second kappa shape index (κ2) is 12.7. The Balaban J connectivity index is 0.00000353. The van der Waals surface area contributed by atoms with Crippen molar-refractivity contribution >= 4 is 66.7 Å². The van der Waals surface area contributed by atoms with Crippen molar-refractivity contribution in [2.75, 3.05) is 45.9 Å². The van der Waals surface area contributed by atoms with Gasteiger partial charge in [-0.15, -0.1) is 0 Å². The number of piperazine rings is 1. The number of hydrogen-bond donors (Lipinski definition) is 0. The Morgan fingerprint density at radius 1 is 1.07 bits per heavy atom. The quantitative estimate of drug-likeness (QED) is 0.334. The van der Waals surface area contributed by atoms with E-state index in [1.807, 2.05) is 13.0 Å². The number of carbonyl (C=O) groups excluding carboxylic acids is 2. The van der Waals surface area contributed by atoms with Gasteiger partial charge in [-0.2, -0.15) is 4.31 Å². The summed E-state index contributed by atoms with van der Waals surface area (Å²) in [6.07, 6.45) is 1.69. The van der Waals surface area contributed by atoms with Gasteiger partial charge in [-0.05, 0) is 42.0 Å². The van der Waals surface area contributed by atoms with Gasteiger partial charge >= 0.3 is 11.0 Å². The highest BCUT2D eigenvalue weighted by molar-refractivity contribution is 8.16. The van der Waals surface area contributed by atoms with Gasteiger partial charge in [0.1, 0.15) is 4.90 Å². The van der Waals surface area contributed by atoms with Crippen molar-refractivity contribution in [3.05, 3.63) is 59.4 Å². The lowest BCUT2D eigenvalue weighted by atomic mass is 10.1. The second-order valence-corrected chi connectivity index (χ2v) is 13.6. The number of aryl methyl sites for hydroxylation is 1. The summed E-state index contributed by atoms with van der Waals surface area (Å²) in [6.45, 7) is 3.92. The van der Waals surface area contributed by atoms with Crippen LogP contribution in [0.4, 0.5) is 5.69 Å². The van der Waals surface area contributed by atoms with Crippen molar-refractivity contribution in [1.29, 1.82) is 0 Å². The molecule has 0 N–H and O–H groups in total. The molecule has 1 aromatic heterocycles. The maximum atomic E-state index is 13.8. The number of hydrogen-bond acceptors (Lipinski definition) is 8. The van der Waals surface area contributed by atoms with Gasteiger partial charge < -0.3 is 38.5 Å². The Bertz CT molecular complexity index is 1680. The zero-order valence-electron chi connectivity index (χ0n) is 22.7. The van der Waals surface area contributed by atoms with E-state index in [9.17, 15) is 18.0 Å². The summed E-state index contributed by atoms with van der Waals surface area (Å²) in [6, 6.07) is 11.4. The van der Waals surface area contributed by atoms with Crippen molar-refractivity contribution in [1.82, 2.24) is 24.1 Å². The molecule has 42 heavy (non-hydrogen) atoms. The Morgan fingerprint density at radius 3 is 2.60 bits per heavy atom. The van der Waals surface area contributed by atoms with Crippen molar-refractivity contribution in [2.45, 2.75) is 29.2 Å². The average molecular weight is 741 g/mol. The third-order valence-electron chi connectivity index (χ3n) is 7.49. The van der Waals surface area contributed by atoms with Gasteiger partial charge in [-0.1, -0.05) is 23.7 Å². The van der Waals surface area contributed by atoms with E-state index in [1.165, 1.54) is 16.1 Å². The Morgan fingerprint density at radius 2 is 1.81 bits per heavy atom. The summed E-state index contributed by atoms with van der Waals surface area (Å²) in [5.41, 5.74) is 1.48. The van der Waals surface area contributed by atoms with Gasteiger partial charge in [0.2, 0.25) is 15.9 Å². The van der Waals surface area contributed by atoms with E-state index in [0.717, 1.165) is 21.4 Å². The predicted octanol–water partition coefficient (Wildman–Crippen LogP) is -0.177. The number of fused-ring (bicyclic) bond motifs is 2. The third-order valence-corrected chi connectivity index (χ3v) is 10.6. The molecule has 0 aliphatic carbocycles. The van der Waals surface area contributed by atoms with Gasteiger partial charge in [-0.3, -0.25) is 14.6 Å². The summed E-state index contributed by atoms with van der Waals surface area (Å²) >= 11 is 7.34. The van der Waals surface area contributed by atoms with Crippen LogP contribution in [-0.2, 0) is 24.3 Å². The van der Waals surface area contributed by atoms with Crippen LogP contribution in [0.2, 0.25) is 5.02 Å². The molecule has 0 spiro atoms. The van der Waals surface area contributed by atoms with E-state index in [4.69, 9.17) is 16.3 Å². The van der Waals surface area contributed by atoms with Gasteiger partial charge in [0, 0.05) is 73.9 Å². The molecule has 0 bridgehead atoms. The molecule has 6 rings (SSSR count). The van der Waals surface area contributed by atoms with Crippen LogP contribution in [0, 0.1) is 6.92 Å². The van der Waals surface area contributed by atoms with Crippen molar-refractivity contribution < 1.29 is 46.7 Å². The number of carbonyl (C=O) groups is 2. The molecule has 2 aromatic carbocycles. The minimum absolute atomic E-state index is 0. The highest BCUT2D eigenvalue weighted by Crippen LogP contribution is 2.34. The van der Waals surface area contributed by atoms with E-state index < -0.39 is 16.1 Å². The first-order chi connectivity index (χ1) is 19.7. The zero-order chi connectivity index (χ0) is 28.7. The highest BCUT2D eigenvalue weighted by atomic mass is 127. The molecule has 10 nitrogen and oxygen atoms in total. The molecule has 1 radical (unpaired) electrons. The molecule has 3 aromatic rings. The Labute approximate surface area is 270 Å². The highest BCUT2D eigenvalue weighted by Gasteiger charge is 2.44. The van der Waals surface area contributed by atoms with Gasteiger partial charge in [0.05, 0.1) is 29.1 Å². The number of morpholine rings is 1. The molecular formula is C28H28ClIN5O5S2. The molecule has 1 atom stereocenters. The molecule has 3 aliphatic heterocycles. The number of aliphatic imine (C=N–C) groups is 1. The van der Waals surface area contributed by atoms with Crippen LogP contribution in [0.25, 0.3) is 10.8 Å². The number of aromatic nitrogens is 1. The molecule has 2 amide bonds. The minimum Gasteiger partial charge on any atom is -1.00 e. The summed E-state index contributed by atoms with van der Waals surface area (Å²) in [7, 11) is -3.90. The summed E-state index contributed by atoms with van der Waals surface area (Å²) < 4.78 is 34.3.